The van der Waals surface area contributed by atoms with Gasteiger partial charge in [0.25, 0.3) is 0 Å². The van der Waals surface area contributed by atoms with E-state index in [0.717, 1.165) is 83.5 Å². The van der Waals surface area contributed by atoms with Crippen molar-refractivity contribution < 1.29 is 39.8 Å². The lowest BCUT2D eigenvalue weighted by molar-refractivity contribution is -0.302. The lowest BCUT2D eigenvalue weighted by Gasteiger charge is -2.40. The van der Waals surface area contributed by atoms with Gasteiger partial charge < -0.3 is 40.3 Å². The smallest absolute Gasteiger partial charge is 0.220 e. The Labute approximate surface area is 378 Å². The Kier molecular flexibility index (Phi) is 39.2. The third-order valence-corrected chi connectivity index (χ3v) is 11.2. The minimum Gasteiger partial charge on any atom is -0.394 e. The predicted octanol–water partition coefficient (Wildman–Crippen LogP) is 11.1. The lowest BCUT2D eigenvalue weighted by Crippen LogP contribution is -2.60. The molecule has 0 aliphatic carbocycles. The molecule has 9 heteroatoms. The molecule has 1 amide bonds. The number of ether oxygens (including phenoxy) is 2. The van der Waals surface area contributed by atoms with Crippen molar-refractivity contribution in [3.8, 4) is 0 Å². The van der Waals surface area contributed by atoms with Crippen molar-refractivity contribution in [2.45, 2.75) is 230 Å². The molecule has 1 aliphatic heterocycles. The van der Waals surface area contributed by atoms with Crippen molar-refractivity contribution in [1.82, 2.24) is 5.32 Å². The van der Waals surface area contributed by atoms with Gasteiger partial charge in [-0.3, -0.25) is 4.79 Å². The van der Waals surface area contributed by atoms with E-state index in [9.17, 15) is 30.3 Å². The fraction of sp³-hybridized carbons (Fsp3) is 0.717. The van der Waals surface area contributed by atoms with E-state index in [1.54, 1.807) is 6.08 Å². The van der Waals surface area contributed by atoms with Gasteiger partial charge in [-0.15, -0.1) is 0 Å². The lowest BCUT2D eigenvalue weighted by atomic mass is 9.99. The monoisotopic (exact) mass is 870 g/mol. The minimum atomic E-state index is -1.58. The normalized spacial score (nSPS) is 21.0. The molecule has 0 saturated carbocycles. The van der Waals surface area contributed by atoms with Crippen molar-refractivity contribution in [2.24, 2.45) is 0 Å². The summed E-state index contributed by atoms with van der Waals surface area (Å²) in [6.45, 7) is 3.61. The molecule has 1 fully saturated rings. The first kappa shape index (κ1) is 57.4. The molecule has 62 heavy (non-hydrogen) atoms. The Morgan fingerprint density at radius 2 is 1.02 bits per heavy atom. The number of aliphatic hydroxyl groups is 5. The molecule has 0 aromatic rings. The van der Waals surface area contributed by atoms with Gasteiger partial charge in [-0.25, -0.2) is 0 Å². The molecule has 0 aromatic heterocycles. The highest BCUT2D eigenvalue weighted by Crippen LogP contribution is 2.22. The summed E-state index contributed by atoms with van der Waals surface area (Å²) in [5.41, 5.74) is 0. The van der Waals surface area contributed by atoms with E-state index in [4.69, 9.17) is 9.47 Å². The summed E-state index contributed by atoms with van der Waals surface area (Å²) in [5.74, 6) is -0.218. The van der Waals surface area contributed by atoms with Crippen molar-refractivity contribution in [1.29, 1.82) is 0 Å². The number of carbonyl (C=O) groups is 1. The number of allylic oxidation sites excluding steroid dienone is 13. The van der Waals surface area contributed by atoms with Crippen LogP contribution in [-0.4, -0.2) is 87.5 Å². The van der Waals surface area contributed by atoms with Gasteiger partial charge in [0.15, 0.2) is 6.29 Å². The first-order chi connectivity index (χ1) is 30.3. The molecule has 0 bridgehead atoms. The second-order valence-electron chi connectivity index (χ2n) is 16.9. The van der Waals surface area contributed by atoms with E-state index in [-0.39, 0.29) is 12.5 Å². The Morgan fingerprint density at radius 3 is 1.55 bits per heavy atom. The van der Waals surface area contributed by atoms with Crippen LogP contribution >= 0.6 is 0 Å². The summed E-state index contributed by atoms with van der Waals surface area (Å²) in [7, 11) is 0. The summed E-state index contributed by atoms with van der Waals surface area (Å²) in [6, 6.07) is -0.846. The largest absolute Gasteiger partial charge is 0.394 e. The molecule has 1 aliphatic rings. The molecule has 0 radical (unpaired) electrons. The Balaban J connectivity index is 2.38. The SMILES string of the molecule is CC/C=C\C/C=C\C/C=C\C/C=C\CCCCCCC(=O)NC(COC1OC(CO)C(O)C(O)C1O)C(O)/C=C/CC/C=C/CC/C=C/CCCCCCCCCCCCCC. The van der Waals surface area contributed by atoms with Gasteiger partial charge in [-0.2, -0.15) is 0 Å². The maximum atomic E-state index is 13.0. The van der Waals surface area contributed by atoms with E-state index < -0.39 is 49.5 Å². The van der Waals surface area contributed by atoms with Crippen LogP contribution in [0.2, 0.25) is 0 Å². The summed E-state index contributed by atoms with van der Waals surface area (Å²) < 4.78 is 11.2. The second-order valence-corrected chi connectivity index (χ2v) is 16.9. The van der Waals surface area contributed by atoms with Crippen LogP contribution in [0.5, 0.6) is 0 Å². The molecule has 1 heterocycles. The number of hydrogen-bond acceptors (Lipinski definition) is 8. The van der Waals surface area contributed by atoms with E-state index in [0.29, 0.717) is 12.8 Å². The minimum absolute atomic E-state index is 0.218. The van der Waals surface area contributed by atoms with Crippen molar-refractivity contribution in [2.75, 3.05) is 13.2 Å². The summed E-state index contributed by atoms with van der Waals surface area (Å²) >= 11 is 0. The number of aliphatic hydroxyl groups excluding tert-OH is 5. The van der Waals surface area contributed by atoms with Gasteiger partial charge in [-0.05, 0) is 83.5 Å². The first-order valence-electron chi connectivity index (χ1n) is 24.8. The molecule has 0 aromatic carbocycles. The molecular formula is C53H91NO8. The number of rotatable bonds is 40. The topological polar surface area (TPSA) is 149 Å². The van der Waals surface area contributed by atoms with E-state index >= 15 is 0 Å². The molecule has 1 saturated heterocycles. The highest BCUT2D eigenvalue weighted by molar-refractivity contribution is 5.76. The van der Waals surface area contributed by atoms with Crippen molar-refractivity contribution >= 4 is 5.91 Å². The van der Waals surface area contributed by atoms with Gasteiger partial charge in [0.2, 0.25) is 5.91 Å². The van der Waals surface area contributed by atoms with E-state index in [2.05, 4.69) is 92.1 Å². The predicted molar refractivity (Wildman–Crippen MR) is 258 cm³/mol. The molecule has 7 atom stereocenters. The van der Waals surface area contributed by atoms with Crippen LogP contribution in [-0.2, 0) is 14.3 Å². The number of hydrogen-bond donors (Lipinski definition) is 6. The van der Waals surface area contributed by atoms with Crippen LogP contribution in [0.25, 0.3) is 0 Å². The van der Waals surface area contributed by atoms with Gasteiger partial charge in [0.05, 0.1) is 25.4 Å². The molecule has 9 nitrogen and oxygen atoms in total. The van der Waals surface area contributed by atoms with Crippen molar-refractivity contribution in [3.05, 3.63) is 85.1 Å². The van der Waals surface area contributed by atoms with Crippen LogP contribution in [0.4, 0.5) is 0 Å². The van der Waals surface area contributed by atoms with Crippen LogP contribution in [0, 0.1) is 0 Å². The molecule has 7 unspecified atom stereocenters. The number of amides is 1. The molecule has 0 spiro atoms. The van der Waals surface area contributed by atoms with Crippen LogP contribution in [0.1, 0.15) is 187 Å². The maximum absolute atomic E-state index is 13.0. The fourth-order valence-electron chi connectivity index (χ4n) is 7.24. The molecule has 6 N–H and O–H groups in total. The van der Waals surface area contributed by atoms with Gasteiger partial charge in [0, 0.05) is 6.42 Å². The number of carbonyl (C=O) groups excluding carboxylic acids is 1. The second kappa shape index (κ2) is 42.3. The fourth-order valence-corrected chi connectivity index (χ4v) is 7.24. The Hall–Kier alpha value is -2.63. The Morgan fingerprint density at radius 1 is 0.565 bits per heavy atom. The average Bonchev–Trinajstić information content (AvgIpc) is 3.27. The summed E-state index contributed by atoms with van der Waals surface area (Å²) in [5, 5.41) is 54.3. The zero-order valence-corrected chi connectivity index (χ0v) is 39.1. The number of nitrogens with one attached hydrogen (secondary N) is 1. The highest BCUT2D eigenvalue weighted by Gasteiger charge is 2.44. The first-order valence-corrected chi connectivity index (χ1v) is 24.8. The molecule has 1 rings (SSSR count). The van der Waals surface area contributed by atoms with Crippen LogP contribution in [0.15, 0.2) is 85.1 Å². The van der Waals surface area contributed by atoms with Crippen LogP contribution < -0.4 is 5.32 Å². The number of unbranched alkanes of at least 4 members (excludes halogenated alkanes) is 18. The van der Waals surface area contributed by atoms with Gasteiger partial charge >= 0.3 is 0 Å². The van der Waals surface area contributed by atoms with E-state index in [1.807, 2.05) is 6.08 Å². The summed E-state index contributed by atoms with van der Waals surface area (Å²) in [6.07, 6.45) is 52.0. The molecular weight excluding hydrogens is 779 g/mol. The van der Waals surface area contributed by atoms with Gasteiger partial charge in [0.1, 0.15) is 24.4 Å². The van der Waals surface area contributed by atoms with Gasteiger partial charge in [-0.1, -0.05) is 182 Å². The maximum Gasteiger partial charge on any atom is 0.220 e. The molecule has 356 valence electrons. The standard InChI is InChI=1S/C53H91NO8/c1-3-5-7-9-11-13-15-17-19-21-22-23-24-25-27-28-30-32-34-36-38-40-42-47(56)46(45-61-53-52(60)51(59)50(58)48(44-55)62-53)54-49(57)43-41-39-37-35-33-31-29-26-20-18-16-14-12-10-8-6-4-2/h6,8,12,14,18,20,25,27,29,31-32,34,40,42,46-48,50-53,55-56,58-60H,3-5,7,9-11,13,15-17,19,21-24,26,28,30,33,35-39,41,43-45H2,1-2H3,(H,54,57)/b8-6-,14-12-,20-18-,27-25+,31-29-,34-32+,42-40+. The Bertz CT molecular complexity index is 1240. The van der Waals surface area contributed by atoms with Crippen molar-refractivity contribution in [3.63, 3.8) is 0 Å². The zero-order chi connectivity index (χ0) is 45.1. The highest BCUT2D eigenvalue weighted by atomic mass is 16.7. The summed E-state index contributed by atoms with van der Waals surface area (Å²) in [4.78, 5) is 13.0. The van der Waals surface area contributed by atoms with Crippen LogP contribution in [0.3, 0.4) is 0 Å². The quantitative estimate of drug-likeness (QED) is 0.0263. The van der Waals surface area contributed by atoms with E-state index in [1.165, 1.54) is 77.0 Å². The zero-order valence-electron chi connectivity index (χ0n) is 39.1. The average molecular weight is 870 g/mol. The third kappa shape index (κ3) is 32.1. The third-order valence-electron chi connectivity index (χ3n) is 11.2.